The number of quaternary nitrogens is 1. The van der Waals surface area contributed by atoms with E-state index in [0.29, 0.717) is 24.1 Å². The van der Waals surface area contributed by atoms with Gasteiger partial charge in [0.25, 0.3) is 0 Å². The maximum absolute atomic E-state index is 13.7. The largest absolute Gasteiger partial charge is 0.323 e. The lowest BCUT2D eigenvalue weighted by molar-refractivity contribution is -0.890. The van der Waals surface area contributed by atoms with Crippen molar-refractivity contribution in [1.29, 1.82) is 0 Å². The molecule has 2 fully saturated rings. The number of likely N-dealkylation sites (N-methyl/N-ethyl adjacent to an activating group) is 1. The Kier molecular flexibility index (Phi) is 5.73. The molecule has 2 saturated heterocycles. The van der Waals surface area contributed by atoms with Crippen LogP contribution in [0.1, 0.15) is 27.9 Å². The SMILES string of the molecule is C[N@+]1(CC(=O)c2ccsc2)CC[C@@H](N2CC(c3ccc(F)cc3)(c3ccc(F)cc3)NC2=O)C1. The van der Waals surface area contributed by atoms with E-state index in [1.165, 1.54) is 35.6 Å². The molecule has 1 N–H and O–H groups in total. The van der Waals surface area contributed by atoms with Crippen molar-refractivity contribution in [3.8, 4) is 0 Å². The Labute approximate surface area is 201 Å². The van der Waals surface area contributed by atoms with Gasteiger partial charge in [-0.05, 0) is 46.8 Å². The van der Waals surface area contributed by atoms with Gasteiger partial charge < -0.3 is 14.7 Å². The van der Waals surface area contributed by atoms with Gasteiger partial charge in [0.1, 0.15) is 23.7 Å². The summed E-state index contributed by atoms with van der Waals surface area (Å²) in [4.78, 5) is 27.8. The summed E-state index contributed by atoms with van der Waals surface area (Å²) < 4.78 is 27.9. The number of hydrogen-bond donors (Lipinski definition) is 1. The van der Waals surface area contributed by atoms with Crippen LogP contribution in [0, 0.1) is 11.6 Å². The summed E-state index contributed by atoms with van der Waals surface area (Å²) in [7, 11) is 2.06. The minimum Gasteiger partial charge on any atom is -0.323 e. The Morgan fingerprint density at radius 2 is 1.71 bits per heavy atom. The number of ketones is 1. The Morgan fingerprint density at radius 3 is 2.26 bits per heavy atom. The zero-order valence-electron chi connectivity index (χ0n) is 18.8. The number of rotatable bonds is 6. The van der Waals surface area contributed by atoms with E-state index in [1.807, 2.05) is 21.7 Å². The molecule has 1 aromatic heterocycles. The highest BCUT2D eigenvalue weighted by Gasteiger charge is 2.50. The molecule has 0 spiro atoms. The number of carbonyl (C=O) groups is 2. The van der Waals surface area contributed by atoms with Crippen LogP contribution >= 0.6 is 11.3 Å². The van der Waals surface area contributed by atoms with Crippen LogP contribution in [0.15, 0.2) is 65.4 Å². The predicted molar refractivity (Wildman–Crippen MR) is 127 cm³/mol. The highest BCUT2D eigenvalue weighted by molar-refractivity contribution is 7.08. The van der Waals surface area contributed by atoms with E-state index in [-0.39, 0.29) is 29.5 Å². The number of urea groups is 1. The van der Waals surface area contributed by atoms with Gasteiger partial charge in [0.15, 0.2) is 0 Å². The molecular formula is C26H26F2N3O2S+. The molecule has 2 amide bonds. The molecule has 0 unspecified atom stereocenters. The molecule has 8 heteroatoms. The number of amides is 2. The fraction of sp³-hybridized carbons (Fsp3) is 0.308. The molecule has 0 saturated carbocycles. The van der Waals surface area contributed by atoms with Crippen LogP contribution in [-0.2, 0) is 5.54 Å². The normalized spacial score (nSPS) is 23.8. The molecule has 2 aliphatic heterocycles. The number of likely N-dealkylation sites (tertiary alicyclic amines) is 1. The zero-order chi connectivity index (χ0) is 23.9. The van der Waals surface area contributed by atoms with Gasteiger partial charge in [0.05, 0.1) is 32.7 Å². The second kappa shape index (κ2) is 8.60. The Bertz CT molecular complexity index is 1150. The van der Waals surface area contributed by atoms with E-state index < -0.39 is 5.54 Å². The number of nitrogens with one attached hydrogen (secondary N) is 1. The van der Waals surface area contributed by atoms with Crippen LogP contribution in [0.25, 0.3) is 0 Å². The van der Waals surface area contributed by atoms with Gasteiger partial charge >= 0.3 is 6.03 Å². The van der Waals surface area contributed by atoms with Gasteiger partial charge in [-0.2, -0.15) is 11.3 Å². The van der Waals surface area contributed by atoms with Crippen molar-refractivity contribution >= 4 is 23.2 Å². The summed E-state index contributed by atoms with van der Waals surface area (Å²) >= 11 is 1.51. The highest BCUT2D eigenvalue weighted by atomic mass is 32.1. The number of benzene rings is 2. The van der Waals surface area contributed by atoms with Gasteiger partial charge in [-0.25, -0.2) is 13.6 Å². The minimum absolute atomic E-state index is 0.0388. The molecule has 0 aliphatic carbocycles. The predicted octanol–water partition coefficient (Wildman–Crippen LogP) is 4.40. The van der Waals surface area contributed by atoms with Gasteiger partial charge in [-0.3, -0.25) is 4.79 Å². The number of Topliss-reactive ketones (excluding diaryl/α,β-unsaturated/α-hetero) is 1. The van der Waals surface area contributed by atoms with Crippen molar-refractivity contribution in [2.24, 2.45) is 0 Å². The van der Waals surface area contributed by atoms with E-state index in [4.69, 9.17) is 0 Å². The fourth-order valence-electron chi connectivity index (χ4n) is 5.29. The average Bonchev–Trinajstić information content (AvgIpc) is 3.54. The standard InChI is InChI=1S/C26H25F2N3O2S/c1-31(15-24(32)18-11-13-34-16-18)12-10-23(14-31)30-17-26(29-25(30)33,19-2-6-21(27)7-3-19)20-4-8-22(28)9-5-20/h2-9,11,13,16,23H,10,12,14-15,17H2,1H3/p+1/t23-,31+/m1/s1. The van der Waals surface area contributed by atoms with Crippen LogP contribution < -0.4 is 5.32 Å². The summed E-state index contributed by atoms with van der Waals surface area (Å²) in [6.07, 6.45) is 0.782. The second-order valence-electron chi connectivity index (χ2n) is 9.54. The van der Waals surface area contributed by atoms with Crippen LogP contribution in [0.2, 0.25) is 0 Å². The number of halogens is 2. The average molecular weight is 483 g/mol. The van der Waals surface area contributed by atoms with Gasteiger partial charge in [0.2, 0.25) is 5.78 Å². The Morgan fingerprint density at radius 1 is 1.09 bits per heavy atom. The summed E-state index contributed by atoms with van der Waals surface area (Å²) in [6, 6.07) is 13.7. The Balaban J connectivity index is 1.40. The third-order valence-electron chi connectivity index (χ3n) is 7.13. The number of hydrogen-bond acceptors (Lipinski definition) is 3. The maximum Gasteiger partial charge on any atom is 0.319 e. The van der Waals surface area contributed by atoms with E-state index >= 15 is 0 Å². The van der Waals surface area contributed by atoms with Crippen LogP contribution in [-0.4, -0.2) is 60.5 Å². The first-order valence-corrected chi connectivity index (χ1v) is 12.2. The number of thiophene rings is 1. The molecule has 5 nitrogen and oxygen atoms in total. The van der Waals surface area contributed by atoms with Crippen molar-refractivity contribution < 1.29 is 22.9 Å². The quantitative estimate of drug-likeness (QED) is 0.418. The third-order valence-corrected chi connectivity index (χ3v) is 7.81. The zero-order valence-corrected chi connectivity index (χ0v) is 19.7. The summed E-state index contributed by atoms with van der Waals surface area (Å²) in [5.41, 5.74) is 1.29. The molecule has 5 rings (SSSR count). The summed E-state index contributed by atoms with van der Waals surface area (Å²) in [6.45, 7) is 2.20. The third kappa shape index (κ3) is 4.12. The molecule has 34 heavy (non-hydrogen) atoms. The second-order valence-corrected chi connectivity index (χ2v) is 10.3. The monoisotopic (exact) mass is 482 g/mol. The van der Waals surface area contributed by atoms with E-state index in [0.717, 1.165) is 29.7 Å². The molecular weight excluding hydrogens is 456 g/mol. The van der Waals surface area contributed by atoms with Crippen LogP contribution in [0.3, 0.4) is 0 Å². The Hall–Kier alpha value is -3.10. The van der Waals surface area contributed by atoms with E-state index in [1.54, 1.807) is 24.3 Å². The van der Waals surface area contributed by atoms with Gasteiger partial charge in [0, 0.05) is 17.4 Å². The van der Waals surface area contributed by atoms with E-state index in [9.17, 15) is 18.4 Å². The lowest BCUT2D eigenvalue weighted by atomic mass is 9.83. The molecule has 176 valence electrons. The molecule has 2 atom stereocenters. The molecule has 3 heterocycles. The van der Waals surface area contributed by atoms with Crippen LogP contribution in [0.5, 0.6) is 0 Å². The lowest BCUT2D eigenvalue weighted by Gasteiger charge is -2.32. The van der Waals surface area contributed by atoms with Crippen molar-refractivity contribution in [1.82, 2.24) is 10.2 Å². The first-order valence-electron chi connectivity index (χ1n) is 11.3. The van der Waals surface area contributed by atoms with Crippen molar-refractivity contribution in [3.05, 3.63) is 93.7 Å². The topological polar surface area (TPSA) is 49.4 Å². The van der Waals surface area contributed by atoms with Crippen molar-refractivity contribution in [3.63, 3.8) is 0 Å². The first kappa shape index (κ1) is 22.7. The molecule has 2 aromatic carbocycles. The van der Waals surface area contributed by atoms with Crippen molar-refractivity contribution in [2.75, 3.05) is 33.2 Å². The van der Waals surface area contributed by atoms with Crippen LogP contribution in [0.4, 0.5) is 13.6 Å². The minimum atomic E-state index is -0.920. The lowest BCUT2D eigenvalue weighted by Crippen LogP contribution is -2.49. The number of nitrogens with zero attached hydrogens (tertiary/aromatic N) is 2. The fourth-order valence-corrected chi connectivity index (χ4v) is 5.95. The first-order chi connectivity index (χ1) is 16.3. The number of carbonyl (C=O) groups excluding carboxylic acids is 2. The van der Waals surface area contributed by atoms with Crippen molar-refractivity contribution in [2.45, 2.75) is 18.0 Å². The van der Waals surface area contributed by atoms with Gasteiger partial charge in [-0.15, -0.1) is 0 Å². The summed E-state index contributed by atoms with van der Waals surface area (Å²) in [5.74, 6) is -0.612. The maximum atomic E-state index is 13.7. The highest BCUT2D eigenvalue weighted by Crippen LogP contribution is 2.37. The van der Waals surface area contributed by atoms with E-state index in [2.05, 4.69) is 12.4 Å². The molecule has 0 radical (unpaired) electrons. The van der Waals surface area contributed by atoms with Gasteiger partial charge in [-0.1, -0.05) is 24.3 Å². The smallest absolute Gasteiger partial charge is 0.319 e. The molecule has 2 aliphatic rings. The molecule has 0 bridgehead atoms. The summed E-state index contributed by atoms with van der Waals surface area (Å²) in [5, 5.41) is 6.90. The molecule has 3 aromatic rings.